The number of oxazole rings is 1. The molecule has 0 aliphatic heterocycles. The molecule has 0 unspecified atom stereocenters. The topological polar surface area (TPSA) is 94.1 Å². The molecule has 0 saturated carbocycles. The summed E-state index contributed by atoms with van der Waals surface area (Å²) in [5.74, 6) is -0.815. The number of thiazole rings is 1. The van der Waals surface area contributed by atoms with Gasteiger partial charge in [0.2, 0.25) is 0 Å². The van der Waals surface area contributed by atoms with Crippen molar-refractivity contribution in [2.75, 3.05) is 13.2 Å². The highest BCUT2D eigenvalue weighted by atomic mass is 32.1. The van der Waals surface area contributed by atoms with Crippen LogP contribution >= 0.6 is 11.3 Å². The molecule has 138 valence electrons. The Labute approximate surface area is 157 Å². The Hall–Kier alpha value is -2.81. The van der Waals surface area contributed by atoms with Gasteiger partial charge < -0.3 is 14.9 Å². The van der Waals surface area contributed by atoms with E-state index in [-0.39, 0.29) is 12.4 Å². The smallest absolute Gasteiger partial charge is 0.408 e. The van der Waals surface area contributed by atoms with Crippen molar-refractivity contribution in [1.29, 1.82) is 0 Å². The fraction of sp³-hybridized carbons (Fsp3) is 0.158. The van der Waals surface area contributed by atoms with Gasteiger partial charge >= 0.3 is 5.76 Å². The Morgan fingerprint density at radius 2 is 2.15 bits per heavy atom. The summed E-state index contributed by atoms with van der Waals surface area (Å²) in [5.41, 5.74) is 9.67. The van der Waals surface area contributed by atoms with E-state index in [1.165, 1.54) is 23.5 Å². The van der Waals surface area contributed by atoms with E-state index in [4.69, 9.17) is 14.9 Å². The van der Waals surface area contributed by atoms with Crippen molar-refractivity contribution in [2.24, 2.45) is 5.73 Å². The number of aromatic nitrogens is 2. The number of benzene rings is 2. The molecule has 27 heavy (non-hydrogen) atoms. The van der Waals surface area contributed by atoms with Gasteiger partial charge in [0.05, 0.1) is 24.4 Å². The van der Waals surface area contributed by atoms with Crippen molar-refractivity contribution < 1.29 is 13.5 Å². The molecule has 8 heteroatoms. The van der Waals surface area contributed by atoms with Gasteiger partial charge in [-0.05, 0) is 35.9 Å². The number of halogens is 1. The van der Waals surface area contributed by atoms with Crippen molar-refractivity contribution in [1.82, 2.24) is 9.97 Å². The van der Waals surface area contributed by atoms with Crippen molar-refractivity contribution in [2.45, 2.75) is 6.61 Å². The molecule has 0 fully saturated rings. The van der Waals surface area contributed by atoms with Crippen LogP contribution in [0.15, 0.2) is 51.0 Å². The minimum Gasteiger partial charge on any atom is -0.408 e. The molecule has 2 heterocycles. The summed E-state index contributed by atoms with van der Waals surface area (Å²) < 4.78 is 24.2. The van der Waals surface area contributed by atoms with Crippen LogP contribution in [0.25, 0.3) is 32.9 Å². The third kappa shape index (κ3) is 3.68. The van der Waals surface area contributed by atoms with E-state index < -0.39 is 5.76 Å². The SMILES string of the molecule is NCCOCc1cc(F)ccc1-c1nc(-c2ccc3[nH]c(=O)oc3c2)cs1. The van der Waals surface area contributed by atoms with Gasteiger partial charge in [0.1, 0.15) is 10.8 Å². The zero-order valence-corrected chi connectivity index (χ0v) is 15.0. The summed E-state index contributed by atoms with van der Waals surface area (Å²) in [7, 11) is 0. The van der Waals surface area contributed by atoms with E-state index in [1.807, 2.05) is 11.4 Å². The maximum Gasteiger partial charge on any atom is 0.417 e. The second-order valence-corrected chi connectivity index (χ2v) is 6.76. The predicted octanol–water partition coefficient (Wildman–Crippen LogP) is 3.53. The number of rotatable bonds is 6. The molecule has 0 amide bonds. The maximum absolute atomic E-state index is 13.7. The van der Waals surface area contributed by atoms with Crippen molar-refractivity contribution in [3.8, 4) is 21.8 Å². The van der Waals surface area contributed by atoms with E-state index in [0.717, 1.165) is 27.4 Å². The van der Waals surface area contributed by atoms with Crippen molar-refractivity contribution in [3.63, 3.8) is 0 Å². The zero-order chi connectivity index (χ0) is 18.8. The highest BCUT2D eigenvalue weighted by Crippen LogP contribution is 2.32. The first-order valence-corrected chi connectivity index (χ1v) is 9.17. The number of aromatic amines is 1. The largest absolute Gasteiger partial charge is 0.417 e. The Balaban J connectivity index is 1.68. The summed E-state index contributed by atoms with van der Waals surface area (Å²) in [6, 6.07) is 9.97. The minimum atomic E-state index is -0.491. The number of nitrogens with zero attached hydrogens (tertiary/aromatic N) is 1. The number of hydrogen-bond acceptors (Lipinski definition) is 6. The van der Waals surface area contributed by atoms with Gasteiger partial charge in [0.25, 0.3) is 0 Å². The molecule has 0 aliphatic rings. The van der Waals surface area contributed by atoms with Gasteiger partial charge in [-0.15, -0.1) is 11.3 Å². The molecule has 6 nitrogen and oxygen atoms in total. The van der Waals surface area contributed by atoms with Crippen LogP contribution < -0.4 is 11.5 Å². The van der Waals surface area contributed by atoms with Crippen molar-refractivity contribution in [3.05, 3.63) is 63.7 Å². The molecule has 0 saturated heterocycles. The first-order chi connectivity index (χ1) is 13.1. The van der Waals surface area contributed by atoms with Gasteiger partial charge in [-0.25, -0.2) is 14.2 Å². The van der Waals surface area contributed by atoms with Crippen LogP contribution in [0.2, 0.25) is 0 Å². The second-order valence-electron chi connectivity index (χ2n) is 5.91. The minimum absolute atomic E-state index is 0.264. The van der Waals surface area contributed by atoms with E-state index in [0.29, 0.717) is 24.3 Å². The van der Waals surface area contributed by atoms with E-state index >= 15 is 0 Å². The third-order valence-electron chi connectivity index (χ3n) is 4.04. The van der Waals surface area contributed by atoms with Gasteiger partial charge in [0, 0.05) is 23.1 Å². The zero-order valence-electron chi connectivity index (χ0n) is 14.2. The molecule has 4 rings (SSSR count). The normalized spacial score (nSPS) is 11.3. The summed E-state index contributed by atoms with van der Waals surface area (Å²) in [6.45, 7) is 1.07. The van der Waals surface area contributed by atoms with Gasteiger partial charge in [-0.2, -0.15) is 0 Å². The Morgan fingerprint density at radius 3 is 3.00 bits per heavy atom. The van der Waals surface area contributed by atoms with Gasteiger partial charge in [-0.3, -0.25) is 4.98 Å². The summed E-state index contributed by atoms with van der Waals surface area (Å²) in [6.07, 6.45) is 0. The van der Waals surface area contributed by atoms with Gasteiger partial charge in [-0.1, -0.05) is 6.07 Å². The molecular formula is C19H16FN3O3S. The molecule has 0 spiro atoms. The predicted molar refractivity (Wildman–Crippen MR) is 102 cm³/mol. The maximum atomic E-state index is 13.7. The number of fused-ring (bicyclic) bond motifs is 1. The lowest BCUT2D eigenvalue weighted by molar-refractivity contribution is 0.128. The van der Waals surface area contributed by atoms with Crippen LogP contribution in [-0.4, -0.2) is 23.1 Å². The molecule has 2 aromatic heterocycles. The fourth-order valence-electron chi connectivity index (χ4n) is 2.79. The average Bonchev–Trinajstić information content (AvgIpc) is 3.27. The molecule has 3 N–H and O–H groups in total. The molecule has 2 aromatic carbocycles. The van der Waals surface area contributed by atoms with Crippen molar-refractivity contribution >= 4 is 22.4 Å². The molecule has 0 aliphatic carbocycles. The number of H-pyrrole nitrogens is 1. The van der Waals surface area contributed by atoms with Crippen LogP contribution in [0.4, 0.5) is 4.39 Å². The van der Waals surface area contributed by atoms with Crippen LogP contribution in [0.3, 0.4) is 0 Å². The molecule has 0 atom stereocenters. The lowest BCUT2D eigenvalue weighted by Gasteiger charge is -2.08. The molecule has 0 radical (unpaired) electrons. The lowest BCUT2D eigenvalue weighted by atomic mass is 10.1. The van der Waals surface area contributed by atoms with Crippen LogP contribution in [0.1, 0.15) is 5.56 Å². The van der Waals surface area contributed by atoms with Crippen LogP contribution in [0.5, 0.6) is 0 Å². The monoisotopic (exact) mass is 385 g/mol. The third-order valence-corrected chi connectivity index (χ3v) is 4.91. The quantitative estimate of drug-likeness (QED) is 0.495. The number of ether oxygens (including phenoxy) is 1. The summed E-state index contributed by atoms with van der Waals surface area (Å²) in [5, 5.41) is 2.67. The first-order valence-electron chi connectivity index (χ1n) is 8.29. The molecular weight excluding hydrogens is 369 g/mol. The van der Waals surface area contributed by atoms with E-state index in [2.05, 4.69) is 9.97 Å². The van der Waals surface area contributed by atoms with Gasteiger partial charge in [0.15, 0.2) is 5.58 Å². The lowest BCUT2D eigenvalue weighted by Crippen LogP contribution is -2.08. The average molecular weight is 385 g/mol. The standard InChI is InChI=1S/C19H16FN3O3S/c20-13-2-3-14(12(7-13)9-25-6-5-21)18-22-16(10-27-18)11-1-4-15-17(8-11)26-19(24)23-15/h1-4,7-8,10H,5-6,9,21H2,(H,23,24). The fourth-order valence-corrected chi connectivity index (χ4v) is 3.68. The Kier molecular flexibility index (Phi) is 4.85. The van der Waals surface area contributed by atoms with Crippen LogP contribution in [-0.2, 0) is 11.3 Å². The number of nitrogens with two attached hydrogens (primary N) is 1. The van der Waals surface area contributed by atoms with E-state index in [1.54, 1.807) is 18.2 Å². The van der Waals surface area contributed by atoms with Crippen LogP contribution in [0, 0.1) is 5.82 Å². The van der Waals surface area contributed by atoms with E-state index in [9.17, 15) is 9.18 Å². The summed E-state index contributed by atoms with van der Waals surface area (Å²) >= 11 is 1.45. The molecule has 0 bridgehead atoms. The highest BCUT2D eigenvalue weighted by molar-refractivity contribution is 7.13. The second kappa shape index (κ2) is 7.43. The molecule has 4 aromatic rings. The first kappa shape index (κ1) is 17.6. The Bertz CT molecular complexity index is 1150. The number of nitrogens with one attached hydrogen (secondary N) is 1. The summed E-state index contributed by atoms with van der Waals surface area (Å²) in [4.78, 5) is 18.6. The highest BCUT2D eigenvalue weighted by Gasteiger charge is 2.13. The Morgan fingerprint density at radius 1 is 1.26 bits per heavy atom. The number of hydrogen-bond donors (Lipinski definition) is 2.